The molecule has 0 spiro atoms. The van der Waals surface area contributed by atoms with E-state index in [9.17, 15) is 8.42 Å². The van der Waals surface area contributed by atoms with Crippen LogP contribution in [0.25, 0.3) is 10.4 Å². The molecule has 86 valence electrons. The lowest BCUT2D eigenvalue weighted by Crippen LogP contribution is -2.28. The predicted octanol–water partition coefficient (Wildman–Crippen LogP) is 0.807. The summed E-state index contributed by atoms with van der Waals surface area (Å²) in [5.74, 6) is 0.564. The number of rotatable bonds is 4. The van der Waals surface area contributed by atoms with Crippen LogP contribution >= 0.6 is 0 Å². The highest BCUT2D eigenvalue weighted by Gasteiger charge is 2.18. The van der Waals surface area contributed by atoms with Gasteiger partial charge in [-0.2, -0.15) is 0 Å². The molecule has 1 fully saturated rings. The van der Waals surface area contributed by atoms with Crippen LogP contribution in [0.15, 0.2) is 5.11 Å². The first-order chi connectivity index (χ1) is 7.14. The average molecular weight is 232 g/mol. The van der Waals surface area contributed by atoms with E-state index in [1.54, 1.807) is 0 Å². The van der Waals surface area contributed by atoms with Crippen LogP contribution in [0, 0.1) is 0 Å². The molecule has 0 aliphatic carbocycles. The fourth-order valence-corrected chi connectivity index (χ4v) is 2.93. The first-order valence-corrected chi connectivity index (χ1v) is 6.90. The summed E-state index contributed by atoms with van der Waals surface area (Å²) in [5.41, 5.74) is 8.08. The lowest BCUT2D eigenvalue weighted by atomic mass is 10.3. The van der Waals surface area contributed by atoms with Crippen molar-refractivity contribution in [1.29, 1.82) is 0 Å². The highest BCUT2D eigenvalue weighted by atomic mass is 32.2. The summed E-state index contributed by atoms with van der Waals surface area (Å²) in [6, 6.07) is 0. The normalized spacial score (nSPS) is 21.6. The van der Waals surface area contributed by atoms with Crippen LogP contribution < -0.4 is 0 Å². The fraction of sp³-hybridized carbons (Fsp3) is 1.00. The predicted molar refractivity (Wildman–Crippen MR) is 58.3 cm³/mol. The molecule has 1 saturated heterocycles. The van der Waals surface area contributed by atoms with E-state index in [-0.39, 0.29) is 5.75 Å². The van der Waals surface area contributed by atoms with Crippen molar-refractivity contribution in [3.8, 4) is 0 Å². The van der Waals surface area contributed by atoms with Gasteiger partial charge in [0.1, 0.15) is 0 Å². The highest BCUT2D eigenvalue weighted by Crippen LogP contribution is 2.05. The van der Waals surface area contributed by atoms with Crippen LogP contribution in [0.5, 0.6) is 0 Å². The summed E-state index contributed by atoms with van der Waals surface area (Å²) in [6.07, 6.45) is 1.51. The second-order valence-electron chi connectivity index (χ2n) is 3.66. The van der Waals surface area contributed by atoms with E-state index in [2.05, 4.69) is 14.9 Å². The molecule has 0 unspecified atom stereocenters. The van der Waals surface area contributed by atoms with Gasteiger partial charge in [0.25, 0.3) is 0 Å². The van der Waals surface area contributed by atoms with E-state index in [1.165, 1.54) is 0 Å². The van der Waals surface area contributed by atoms with E-state index in [0.717, 1.165) is 19.5 Å². The molecular weight excluding hydrogens is 216 g/mol. The van der Waals surface area contributed by atoms with Crippen molar-refractivity contribution in [3.05, 3.63) is 10.4 Å². The molecular formula is C8H16N4O2S. The Morgan fingerprint density at radius 3 is 2.87 bits per heavy atom. The van der Waals surface area contributed by atoms with Crippen LogP contribution in [0.2, 0.25) is 0 Å². The Morgan fingerprint density at radius 1 is 1.33 bits per heavy atom. The molecule has 0 amide bonds. The third-order valence-corrected chi connectivity index (χ3v) is 4.16. The monoisotopic (exact) mass is 232 g/mol. The molecule has 1 rings (SSSR count). The van der Waals surface area contributed by atoms with Crippen LogP contribution in [0.4, 0.5) is 0 Å². The number of nitrogens with zero attached hydrogens (tertiary/aromatic N) is 4. The zero-order chi connectivity index (χ0) is 11.1. The van der Waals surface area contributed by atoms with Crippen molar-refractivity contribution in [3.63, 3.8) is 0 Å². The molecule has 0 saturated carbocycles. The zero-order valence-corrected chi connectivity index (χ0v) is 9.49. The molecule has 0 bridgehead atoms. The van der Waals surface area contributed by atoms with E-state index in [0.29, 0.717) is 25.3 Å². The molecule has 0 aromatic carbocycles. The van der Waals surface area contributed by atoms with E-state index >= 15 is 0 Å². The maximum Gasteiger partial charge on any atom is 0.151 e. The van der Waals surface area contributed by atoms with E-state index in [4.69, 9.17) is 5.53 Å². The fourth-order valence-electron chi connectivity index (χ4n) is 1.62. The molecule has 1 aliphatic heterocycles. The third kappa shape index (κ3) is 5.01. The summed E-state index contributed by atoms with van der Waals surface area (Å²) in [5, 5.41) is 3.44. The number of hydrogen-bond acceptors (Lipinski definition) is 4. The Bertz CT molecular complexity index is 335. The van der Waals surface area contributed by atoms with Gasteiger partial charge in [-0.25, -0.2) is 8.42 Å². The van der Waals surface area contributed by atoms with Gasteiger partial charge in [0.15, 0.2) is 9.84 Å². The van der Waals surface area contributed by atoms with Gasteiger partial charge in [-0.05, 0) is 31.5 Å². The number of azide groups is 1. The van der Waals surface area contributed by atoms with Crippen LogP contribution in [0.1, 0.15) is 12.8 Å². The van der Waals surface area contributed by atoms with Gasteiger partial charge in [-0.15, -0.1) is 0 Å². The quantitative estimate of drug-likeness (QED) is 0.311. The first-order valence-electron chi connectivity index (χ1n) is 5.08. The van der Waals surface area contributed by atoms with Gasteiger partial charge in [0.05, 0.1) is 11.5 Å². The molecule has 15 heavy (non-hydrogen) atoms. The lowest BCUT2D eigenvalue weighted by Gasteiger charge is -2.17. The minimum Gasteiger partial charge on any atom is -0.302 e. The third-order valence-electron chi connectivity index (χ3n) is 2.44. The second-order valence-corrected chi connectivity index (χ2v) is 5.96. The summed E-state index contributed by atoms with van der Waals surface area (Å²) in [7, 11) is -2.81. The Morgan fingerprint density at radius 2 is 2.13 bits per heavy atom. The summed E-state index contributed by atoms with van der Waals surface area (Å²) >= 11 is 0. The molecule has 0 atom stereocenters. The Hall–Kier alpha value is -0.780. The van der Waals surface area contributed by atoms with E-state index < -0.39 is 9.84 Å². The van der Waals surface area contributed by atoms with Crippen LogP contribution in [-0.4, -0.2) is 51.0 Å². The average Bonchev–Trinajstić information content (AvgIpc) is 2.35. The highest BCUT2D eigenvalue weighted by molar-refractivity contribution is 7.91. The maximum atomic E-state index is 11.3. The molecule has 0 aromatic heterocycles. The van der Waals surface area contributed by atoms with E-state index in [1.807, 2.05) is 0 Å². The zero-order valence-electron chi connectivity index (χ0n) is 8.67. The molecule has 0 aromatic rings. The Kier molecular flexibility index (Phi) is 4.87. The van der Waals surface area contributed by atoms with Crippen LogP contribution in [-0.2, 0) is 9.84 Å². The Labute approximate surface area is 89.8 Å². The van der Waals surface area contributed by atoms with Crippen molar-refractivity contribution in [2.24, 2.45) is 5.11 Å². The second kappa shape index (κ2) is 5.95. The van der Waals surface area contributed by atoms with Crippen LogP contribution in [0.3, 0.4) is 0 Å². The summed E-state index contributed by atoms with van der Waals surface area (Å²) in [4.78, 5) is 4.79. The van der Waals surface area contributed by atoms with Crippen molar-refractivity contribution in [2.75, 3.05) is 37.7 Å². The van der Waals surface area contributed by atoms with Gasteiger partial charge in [0, 0.05) is 18.0 Å². The maximum absolute atomic E-state index is 11.3. The Balaban J connectivity index is 2.28. The minimum absolute atomic E-state index is 0.258. The minimum atomic E-state index is -2.81. The summed E-state index contributed by atoms with van der Waals surface area (Å²) in [6.45, 7) is 2.74. The molecule has 6 nitrogen and oxygen atoms in total. The topological polar surface area (TPSA) is 86.1 Å². The van der Waals surface area contributed by atoms with Gasteiger partial charge in [-0.3, -0.25) is 0 Å². The van der Waals surface area contributed by atoms with Gasteiger partial charge in [-0.1, -0.05) is 5.11 Å². The van der Waals surface area contributed by atoms with Gasteiger partial charge < -0.3 is 4.90 Å². The molecule has 0 radical (unpaired) electrons. The summed E-state index contributed by atoms with van der Waals surface area (Å²) < 4.78 is 22.6. The SMILES string of the molecule is [N-]=[N+]=NCCCN1CCCS(=O)(=O)CC1. The lowest BCUT2D eigenvalue weighted by molar-refractivity contribution is 0.293. The standard InChI is InChI=1S/C8H16N4O2S/c9-11-10-3-1-4-12-5-2-7-15(13,14)8-6-12/h1-8H2. The molecule has 0 N–H and O–H groups in total. The molecule has 1 heterocycles. The largest absolute Gasteiger partial charge is 0.302 e. The van der Waals surface area contributed by atoms with Crippen molar-refractivity contribution >= 4 is 9.84 Å². The van der Waals surface area contributed by atoms with Crippen molar-refractivity contribution in [1.82, 2.24) is 4.90 Å². The van der Waals surface area contributed by atoms with Crippen molar-refractivity contribution in [2.45, 2.75) is 12.8 Å². The van der Waals surface area contributed by atoms with Gasteiger partial charge >= 0.3 is 0 Å². The smallest absolute Gasteiger partial charge is 0.151 e. The molecule has 7 heteroatoms. The molecule has 1 aliphatic rings. The van der Waals surface area contributed by atoms with Gasteiger partial charge in [0.2, 0.25) is 0 Å². The number of sulfone groups is 1. The van der Waals surface area contributed by atoms with Crippen molar-refractivity contribution < 1.29 is 8.42 Å². The first kappa shape index (κ1) is 12.3. The number of hydrogen-bond donors (Lipinski definition) is 0.